The van der Waals surface area contributed by atoms with Crippen molar-refractivity contribution in [2.24, 2.45) is 0 Å². The van der Waals surface area contributed by atoms with Crippen LogP contribution in [0.25, 0.3) is 11.0 Å². The second-order valence-corrected chi connectivity index (χ2v) is 7.66. The summed E-state index contributed by atoms with van der Waals surface area (Å²) in [6, 6.07) is 16.1. The molecule has 3 aromatic rings. The lowest BCUT2D eigenvalue weighted by Crippen LogP contribution is -2.50. The van der Waals surface area contributed by atoms with Crippen molar-refractivity contribution < 1.29 is 4.79 Å². The van der Waals surface area contributed by atoms with Crippen LogP contribution in [-0.4, -0.2) is 52.9 Å². The normalized spacial score (nSPS) is 14.5. The van der Waals surface area contributed by atoms with Gasteiger partial charge in [-0.25, -0.2) is 9.78 Å². The van der Waals surface area contributed by atoms with E-state index in [-0.39, 0.29) is 6.03 Å². The van der Waals surface area contributed by atoms with Gasteiger partial charge in [-0.15, -0.1) is 11.8 Å². The van der Waals surface area contributed by atoms with Crippen molar-refractivity contribution in [2.45, 2.75) is 18.4 Å². The zero-order chi connectivity index (χ0) is 19.5. The van der Waals surface area contributed by atoms with Gasteiger partial charge in [0.25, 0.3) is 0 Å². The predicted octanol–water partition coefficient (Wildman–Crippen LogP) is 4.13. The Morgan fingerprint density at radius 2 is 1.89 bits per heavy atom. The number of carbonyl (C=O) groups is 1. The summed E-state index contributed by atoms with van der Waals surface area (Å²) in [5.74, 6) is 0.997. The van der Waals surface area contributed by atoms with E-state index in [0.717, 1.165) is 47.2 Å². The van der Waals surface area contributed by atoms with Gasteiger partial charge < -0.3 is 19.7 Å². The van der Waals surface area contributed by atoms with Crippen LogP contribution in [0.4, 0.5) is 16.4 Å². The summed E-state index contributed by atoms with van der Waals surface area (Å²) < 4.78 is 2.25. The fraction of sp³-hybridized carbons (Fsp3) is 0.333. The van der Waals surface area contributed by atoms with Gasteiger partial charge >= 0.3 is 6.03 Å². The van der Waals surface area contributed by atoms with E-state index in [0.29, 0.717) is 13.1 Å². The number of benzene rings is 2. The van der Waals surface area contributed by atoms with E-state index in [1.165, 1.54) is 0 Å². The number of hydrogen-bond acceptors (Lipinski definition) is 4. The lowest BCUT2D eigenvalue weighted by atomic mass is 10.3. The third-order valence-corrected chi connectivity index (χ3v) is 5.85. The van der Waals surface area contributed by atoms with E-state index >= 15 is 0 Å². The summed E-state index contributed by atoms with van der Waals surface area (Å²) in [5, 5.41) is 3.02. The lowest BCUT2D eigenvalue weighted by Gasteiger charge is -2.35. The van der Waals surface area contributed by atoms with Gasteiger partial charge in [-0.05, 0) is 43.5 Å². The molecule has 1 aliphatic rings. The first-order valence-corrected chi connectivity index (χ1v) is 10.8. The number of aromatic nitrogens is 2. The first kappa shape index (κ1) is 18.7. The van der Waals surface area contributed by atoms with Crippen molar-refractivity contribution in [3.05, 3.63) is 48.5 Å². The van der Waals surface area contributed by atoms with E-state index < -0.39 is 0 Å². The number of piperazine rings is 1. The Kier molecular flexibility index (Phi) is 5.43. The molecule has 0 radical (unpaired) electrons. The van der Waals surface area contributed by atoms with Crippen molar-refractivity contribution in [2.75, 3.05) is 42.7 Å². The van der Waals surface area contributed by atoms with Crippen molar-refractivity contribution in [1.29, 1.82) is 0 Å². The lowest BCUT2D eigenvalue weighted by molar-refractivity contribution is 0.208. The van der Waals surface area contributed by atoms with Gasteiger partial charge in [0.15, 0.2) is 0 Å². The van der Waals surface area contributed by atoms with Crippen LogP contribution in [0.15, 0.2) is 53.4 Å². The Morgan fingerprint density at radius 3 is 2.64 bits per heavy atom. The largest absolute Gasteiger partial charge is 0.339 e. The van der Waals surface area contributed by atoms with Crippen molar-refractivity contribution in [3.63, 3.8) is 0 Å². The minimum absolute atomic E-state index is 0.0399. The van der Waals surface area contributed by atoms with Crippen LogP contribution in [0.3, 0.4) is 0 Å². The van der Waals surface area contributed by atoms with Crippen molar-refractivity contribution in [1.82, 2.24) is 14.5 Å². The minimum Gasteiger partial charge on any atom is -0.339 e. The van der Waals surface area contributed by atoms with Crippen LogP contribution in [-0.2, 0) is 6.54 Å². The maximum absolute atomic E-state index is 12.6. The second-order valence-electron chi connectivity index (χ2n) is 6.78. The molecule has 7 heteroatoms. The van der Waals surface area contributed by atoms with E-state index in [4.69, 9.17) is 4.98 Å². The third kappa shape index (κ3) is 3.67. The summed E-state index contributed by atoms with van der Waals surface area (Å²) in [6.45, 7) is 5.94. The summed E-state index contributed by atoms with van der Waals surface area (Å²) in [6.07, 6.45) is 2.03. The number of hydrogen-bond donors (Lipinski definition) is 1. The molecule has 0 spiro atoms. The fourth-order valence-electron chi connectivity index (χ4n) is 3.63. The predicted molar refractivity (Wildman–Crippen MR) is 116 cm³/mol. The fourth-order valence-corrected chi connectivity index (χ4v) is 4.09. The number of anilines is 2. The van der Waals surface area contributed by atoms with Gasteiger partial charge in [-0.1, -0.05) is 18.2 Å². The van der Waals surface area contributed by atoms with Crippen LogP contribution in [0, 0.1) is 0 Å². The number of amides is 2. The molecule has 0 bridgehead atoms. The molecular weight excluding hydrogens is 370 g/mol. The molecule has 6 nitrogen and oxygen atoms in total. The van der Waals surface area contributed by atoms with E-state index in [2.05, 4.69) is 33.8 Å². The number of carbonyl (C=O) groups excluding carboxylic acids is 1. The monoisotopic (exact) mass is 395 g/mol. The zero-order valence-electron chi connectivity index (χ0n) is 16.3. The Labute approximate surface area is 169 Å². The number of nitrogens with zero attached hydrogens (tertiary/aromatic N) is 4. The number of rotatable bonds is 4. The maximum atomic E-state index is 12.6. The molecule has 4 rings (SSSR count). The minimum atomic E-state index is -0.0399. The molecule has 0 atom stereocenters. The molecule has 2 heterocycles. The van der Waals surface area contributed by atoms with Crippen LogP contribution in [0.1, 0.15) is 6.92 Å². The molecule has 1 fully saturated rings. The van der Waals surface area contributed by atoms with Crippen molar-refractivity contribution in [3.8, 4) is 0 Å². The zero-order valence-corrected chi connectivity index (χ0v) is 17.1. The number of nitrogens with one attached hydrogen (secondary N) is 1. The SMILES string of the molecule is CCn1c(N2CCN(C(=O)Nc3cccc(SC)c3)CC2)nc2ccccc21. The standard InChI is InChI=1S/C21H25N5OS/c1-3-26-19-10-5-4-9-18(19)23-20(26)24-11-13-25(14-12-24)21(27)22-16-7-6-8-17(15-16)28-2/h4-10,15H,3,11-14H2,1-2H3,(H,22,27). The van der Waals surface area contributed by atoms with Crippen LogP contribution in [0.5, 0.6) is 0 Å². The highest BCUT2D eigenvalue weighted by atomic mass is 32.2. The highest BCUT2D eigenvalue weighted by molar-refractivity contribution is 7.98. The first-order chi connectivity index (χ1) is 13.7. The molecule has 0 saturated carbocycles. The van der Waals surface area contributed by atoms with Gasteiger partial charge in [0.1, 0.15) is 0 Å². The summed E-state index contributed by atoms with van der Waals surface area (Å²) in [7, 11) is 0. The van der Waals surface area contributed by atoms with E-state index in [1.54, 1.807) is 11.8 Å². The van der Waals surface area contributed by atoms with Gasteiger partial charge in [0.05, 0.1) is 11.0 Å². The molecule has 0 unspecified atom stereocenters. The molecule has 1 aromatic heterocycles. The highest BCUT2D eigenvalue weighted by Gasteiger charge is 2.24. The first-order valence-electron chi connectivity index (χ1n) is 9.60. The van der Waals surface area contributed by atoms with E-state index in [1.807, 2.05) is 47.6 Å². The Bertz CT molecular complexity index is 978. The van der Waals surface area contributed by atoms with Gasteiger partial charge in [-0.3, -0.25) is 0 Å². The summed E-state index contributed by atoms with van der Waals surface area (Å²) in [5.41, 5.74) is 3.02. The number of para-hydroxylation sites is 2. The average molecular weight is 396 g/mol. The van der Waals surface area contributed by atoms with Gasteiger partial charge in [0, 0.05) is 43.3 Å². The molecule has 1 N–H and O–H groups in total. The van der Waals surface area contributed by atoms with Crippen LogP contribution < -0.4 is 10.2 Å². The number of thioether (sulfide) groups is 1. The summed E-state index contributed by atoms with van der Waals surface area (Å²) >= 11 is 1.67. The number of urea groups is 1. The van der Waals surface area contributed by atoms with Crippen LogP contribution in [0.2, 0.25) is 0 Å². The topological polar surface area (TPSA) is 53.4 Å². The molecule has 1 aliphatic heterocycles. The average Bonchev–Trinajstić information content (AvgIpc) is 3.12. The van der Waals surface area contributed by atoms with E-state index in [9.17, 15) is 4.79 Å². The van der Waals surface area contributed by atoms with Crippen molar-refractivity contribution >= 4 is 40.5 Å². The molecule has 146 valence electrons. The molecule has 28 heavy (non-hydrogen) atoms. The number of aryl methyl sites for hydroxylation is 1. The molecule has 2 amide bonds. The Hall–Kier alpha value is -2.67. The molecule has 1 saturated heterocycles. The van der Waals surface area contributed by atoms with Gasteiger partial charge in [0.2, 0.25) is 5.95 Å². The highest BCUT2D eigenvalue weighted by Crippen LogP contribution is 2.24. The van der Waals surface area contributed by atoms with Gasteiger partial charge in [-0.2, -0.15) is 0 Å². The molecular formula is C21H25N5OS. The second kappa shape index (κ2) is 8.14. The third-order valence-electron chi connectivity index (χ3n) is 5.12. The summed E-state index contributed by atoms with van der Waals surface area (Å²) in [4.78, 5) is 22.8. The Balaban J connectivity index is 1.42. The van der Waals surface area contributed by atoms with Crippen LogP contribution >= 0.6 is 11.8 Å². The molecule has 2 aromatic carbocycles. The maximum Gasteiger partial charge on any atom is 0.321 e. The Morgan fingerprint density at radius 1 is 1.11 bits per heavy atom. The number of fused-ring (bicyclic) bond motifs is 1. The number of imidazole rings is 1. The molecule has 0 aliphatic carbocycles. The smallest absolute Gasteiger partial charge is 0.321 e. The quantitative estimate of drug-likeness (QED) is 0.675.